The monoisotopic (exact) mass is 602 g/mol. The van der Waals surface area contributed by atoms with Gasteiger partial charge < -0.3 is 24.8 Å². The summed E-state index contributed by atoms with van der Waals surface area (Å²) in [5.41, 5.74) is 0.422. The number of amides is 2. The molecule has 41 heavy (non-hydrogen) atoms. The van der Waals surface area contributed by atoms with E-state index >= 15 is 0 Å². The molecule has 1 aliphatic rings. The molecule has 0 spiro atoms. The molecule has 2 aromatic carbocycles. The Hall–Kier alpha value is -4.04. The third kappa shape index (κ3) is 8.24. The zero-order valence-electron chi connectivity index (χ0n) is 21.1. The Morgan fingerprint density at radius 1 is 1.10 bits per heavy atom. The van der Waals surface area contributed by atoms with Crippen LogP contribution in [-0.2, 0) is 35.1 Å². The van der Waals surface area contributed by atoms with Gasteiger partial charge in [-0.15, -0.1) is 0 Å². The number of carboxylic acid groups (broad SMARTS) is 1. The number of aliphatic carboxylic acids is 1. The van der Waals surface area contributed by atoms with Gasteiger partial charge in [0.2, 0.25) is 23.3 Å². The Balaban J connectivity index is 1.67. The van der Waals surface area contributed by atoms with Gasteiger partial charge in [-0.2, -0.15) is 8.78 Å². The van der Waals surface area contributed by atoms with Crippen LogP contribution in [0.15, 0.2) is 30.3 Å². The Bertz CT molecular complexity index is 1330. The van der Waals surface area contributed by atoms with Crippen LogP contribution >= 0.6 is 11.6 Å². The number of ether oxygens (including phenoxy) is 2. The molecule has 1 saturated heterocycles. The summed E-state index contributed by atoms with van der Waals surface area (Å²) in [4.78, 5) is 63.4. The number of hydrogen-bond acceptors (Lipinski definition) is 7. The summed E-state index contributed by atoms with van der Waals surface area (Å²) in [6.45, 7) is -1.89. The Kier molecular flexibility index (Phi) is 10.8. The van der Waals surface area contributed by atoms with Crippen LogP contribution in [0.3, 0.4) is 0 Å². The van der Waals surface area contributed by atoms with Gasteiger partial charge in [-0.1, -0.05) is 29.8 Å². The standard InChI is InChI=1S/C26H23ClF4N2O8/c27-15-4-2-1-3-13(15)7-19(34)26(39)33-5-6-40-11-14(10-33)25(38)32-18(9-21(36)37)20(35)12-41-24-22(30)16(28)8-17(29)23(24)31/h1-4,8,14,18H,5-7,9-12H2,(H,32,38)(H,36,37)/t14-,18+/m1/s1. The first-order valence-electron chi connectivity index (χ1n) is 12.0. The van der Waals surface area contributed by atoms with Crippen molar-refractivity contribution in [2.75, 3.05) is 32.9 Å². The number of carbonyl (C=O) groups excluding carboxylic acids is 4. The predicted molar refractivity (Wildman–Crippen MR) is 132 cm³/mol. The van der Waals surface area contributed by atoms with Gasteiger partial charge in [0.1, 0.15) is 12.6 Å². The number of hydrogen-bond donors (Lipinski definition) is 2. The van der Waals surface area contributed by atoms with Crippen molar-refractivity contribution in [1.82, 2.24) is 10.2 Å². The predicted octanol–water partition coefficient (Wildman–Crippen LogP) is 2.09. The number of Topliss-reactive ketones (excluding diaryl/α,β-unsaturated/α-hetero) is 2. The summed E-state index contributed by atoms with van der Waals surface area (Å²) in [7, 11) is 0. The average molecular weight is 603 g/mol. The largest absolute Gasteiger partial charge is 0.481 e. The number of halogens is 5. The van der Waals surface area contributed by atoms with Crippen LogP contribution in [0.1, 0.15) is 12.0 Å². The van der Waals surface area contributed by atoms with E-state index in [0.29, 0.717) is 5.56 Å². The number of benzene rings is 2. The van der Waals surface area contributed by atoms with Crippen molar-refractivity contribution in [2.24, 2.45) is 5.92 Å². The maximum Gasteiger partial charge on any atom is 0.305 e. The molecule has 0 aromatic heterocycles. The van der Waals surface area contributed by atoms with Gasteiger partial charge in [0.25, 0.3) is 5.91 Å². The molecule has 0 unspecified atom stereocenters. The fourth-order valence-corrected chi connectivity index (χ4v) is 4.05. The lowest BCUT2D eigenvalue weighted by atomic mass is 10.0. The quantitative estimate of drug-likeness (QED) is 0.226. The Morgan fingerprint density at radius 3 is 2.39 bits per heavy atom. The SMILES string of the molecule is O=C(O)C[C@H](NC(=O)[C@H]1COCCN(C(=O)C(=O)Cc2ccccc2Cl)C1)C(=O)COc1c(F)c(F)cc(F)c1F. The van der Waals surface area contributed by atoms with Crippen molar-refractivity contribution in [2.45, 2.75) is 18.9 Å². The van der Waals surface area contributed by atoms with Gasteiger partial charge in [0.05, 0.1) is 25.6 Å². The first-order valence-corrected chi connectivity index (χ1v) is 12.4. The summed E-state index contributed by atoms with van der Waals surface area (Å²) in [6, 6.07) is 4.56. The highest BCUT2D eigenvalue weighted by Gasteiger charge is 2.33. The molecule has 2 amide bonds. The van der Waals surface area contributed by atoms with E-state index in [9.17, 15) is 46.6 Å². The molecule has 0 bridgehead atoms. The number of carboxylic acids is 1. The molecule has 1 aliphatic heterocycles. The van der Waals surface area contributed by atoms with Crippen LogP contribution in [-0.4, -0.2) is 78.3 Å². The van der Waals surface area contributed by atoms with Crippen molar-refractivity contribution in [1.29, 1.82) is 0 Å². The highest BCUT2D eigenvalue weighted by molar-refractivity contribution is 6.37. The van der Waals surface area contributed by atoms with Crippen molar-refractivity contribution in [3.8, 4) is 5.75 Å². The number of rotatable bonds is 11. The molecule has 2 atom stereocenters. The lowest BCUT2D eigenvalue weighted by molar-refractivity contribution is -0.145. The van der Waals surface area contributed by atoms with Crippen LogP contribution in [0.4, 0.5) is 17.6 Å². The van der Waals surface area contributed by atoms with E-state index in [1.54, 1.807) is 24.3 Å². The first-order chi connectivity index (χ1) is 19.4. The molecule has 0 saturated carbocycles. The second kappa shape index (κ2) is 14.0. The maximum absolute atomic E-state index is 13.8. The number of ketones is 2. The maximum atomic E-state index is 13.8. The van der Waals surface area contributed by atoms with Crippen molar-refractivity contribution in [3.63, 3.8) is 0 Å². The van der Waals surface area contributed by atoms with Crippen LogP contribution in [0.25, 0.3) is 0 Å². The van der Waals surface area contributed by atoms with E-state index in [1.165, 1.54) is 0 Å². The van der Waals surface area contributed by atoms with Gasteiger partial charge in [-0.3, -0.25) is 24.0 Å². The van der Waals surface area contributed by atoms with Crippen molar-refractivity contribution >= 4 is 41.0 Å². The minimum absolute atomic E-state index is 0.0262. The summed E-state index contributed by atoms with van der Waals surface area (Å²) in [5, 5.41) is 11.6. The molecule has 2 N–H and O–H groups in total. The summed E-state index contributed by atoms with van der Waals surface area (Å²) in [6.07, 6.45) is -1.28. The highest BCUT2D eigenvalue weighted by atomic mass is 35.5. The van der Waals surface area contributed by atoms with Gasteiger partial charge >= 0.3 is 5.97 Å². The topological polar surface area (TPSA) is 139 Å². The molecule has 0 radical (unpaired) electrons. The molecule has 1 heterocycles. The Morgan fingerprint density at radius 2 is 1.76 bits per heavy atom. The lowest BCUT2D eigenvalue weighted by Gasteiger charge is -2.24. The van der Waals surface area contributed by atoms with Crippen LogP contribution in [0, 0.1) is 29.2 Å². The van der Waals surface area contributed by atoms with E-state index in [2.05, 4.69) is 10.1 Å². The number of carbonyl (C=O) groups is 5. The zero-order valence-corrected chi connectivity index (χ0v) is 21.9. The third-order valence-electron chi connectivity index (χ3n) is 5.98. The lowest BCUT2D eigenvalue weighted by Crippen LogP contribution is -2.50. The van der Waals surface area contributed by atoms with Crippen molar-refractivity contribution in [3.05, 3.63) is 64.2 Å². The molecular weight excluding hydrogens is 580 g/mol. The van der Waals surface area contributed by atoms with Gasteiger partial charge in [-0.05, 0) is 11.6 Å². The second-order valence-electron chi connectivity index (χ2n) is 8.93. The molecule has 0 aliphatic carbocycles. The van der Waals surface area contributed by atoms with Crippen molar-refractivity contribution < 1.29 is 56.1 Å². The first kappa shape index (κ1) is 31.5. The van der Waals surface area contributed by atoms with Gasteiger partial charge in [-0.25, -0.2) is 8.78 Å². The molecular formula is C26H23ClF4N2O8. The molecule has 2 aromatic rings. The minimum atomic E-state index is -1.92. The van der Waals surface area contributed by atoms with Gasteiger partial charge in [0, 0.05) is 30.6 Å². The van der Waals surface area contributed by atoms with E-state index in [4.69, 9.17) is 16.3 Å². The summed E-state index contributed by atoms with van der Waals surface area (Å²) in [5.74, 6) is -15.5. The molecule has 220 valence electrons. The van der Waals surface area contributed by atoms with Crippen LogP contribution in [0.5, 0.6) is 5.75 Å². The minimum Gasteiger partial charge on any atom is -0.481 e. The fourth-order valence-electron chi connectivity index (χ4n) is 3.85. The molecule has 3 rings (SSSR count). The number of nitrogens with zero attached hydrogens (tertiary/aromatic N) is 1. The third-order valence-corrected chi connectivity index (χ3v) is 6.35. The molecule has 1 fully saturated rings. The normalized spacial score (nSPS) is 15.9. The summed E-state index contributed by atoms with van der Waals surface area (Å²) < 4.78 is 64.4. The summed E-state index contributed by atoms with van der Waals surface area (Å²) >= 11 is 6.05. The van der Waals surface area contributed by atoms with Gasteiger partial charge in [0.15, 0.2) is 23.2 Å². The zero-order chi connectivity index (χ0) is 30.3. The fraction of sp³-hybridized carbons (Fsp3) is 0.346. The van der Waals surface area contributed by atoms with Crippen LogP contribution < -0.4 is 10.1 Å². The molecule has 10 nitrogen and oxygen atoms in total. The van der Waals surface area contributed by atoms with E-state index in [0.717, 1.165) is 4.90 Å². The van der Waals surface area contributed by atoms with Crippen LogP contribution in [0.2, 0.25) is 5.02 Å². The van der Waals surface area contributed by atoms with E-state index < -0.39 is 83.4 Å². The molecule has 15 heteroatoms. The smallest absolute Gasteiger partial charge is 0.305 e. The second-order valence-corrected chi connectivity index (χ2v) is 9.33. The Labute approximate surface area is 235 Å². The number of nitrogens with one attached hydrogen (secondary N) is 1. The highest BCUT2D eigenvalue weighted by Crippen LogP contribution is 2.26. The average Bonchev–Trinajstić information content (AvgIpc) is 3.18. The van der Waals surface area contributed by atoms with E-state index in [1.807, 2.05) is 0 Å². The van der Waals surface area contributed by atoms with E-state index in [-0.39, 0.29) is 43.8 Å².